The molecule has 1 N–H and O–H groups in total. The molecule has 1 amide bonds. The first-order valence-corrected chi connectivity index (χ1v) is 6.61. The lowest BCUT2D eigenvalue weighted by Gasteiger charge is -2.27. The van der Waals surface area contributed by atoms with E-state index in [1.165, 1.54) is 0 Å². The smallest absolute Gasteiger partial charge is 0.257 e. The van der Waals surface area contributed by atoms with Gasteiger partial charge in [0.05, 0.1) is 5.56 Å². The van der Waals surface area contributed by atoms with Gasteiger partial charge in [-0.2, -0.15) is 0 Å². The van der Waals surface area contributed by atoms with Gasteiger partial charge in [0.25, 0.3) is 5.91 Å². The van der Waals surface area contributed by atoms with Crippen molar-refractivity contribution in [3.63, 3.8) is 0 Å². The second kappa shape index (κ2) is 6.99. The fraction of sp³-hybridized carbons (Fsp3) is 0.571. The van der Waals surface area contributed by atoms with Gasteiger partial charge in [0.1, 0.15) is 5.82 Å². The van der Waals surface area contributed by atoms with Crippen molar-refractivity contribution in [1.82, 2.24) is 9.88 Å². The van der Waals surface area contributed by atoms with E-state index < -0.39 is 0 Å². The van der Waals surface area contributed by atoms with E-state index in [9.17, 15) is 4.79 Å². The number of aromatic nitrogens is 1. The van der Waals surface area contributed by atoms with E-state index in [1.54, 1.807) is 12.3 Å². The van der Waals surface area contributed by atoms with Crippen LogP contribution in [0.3, 0.4) is 0 Å². The summed E-state index contributed by atoms with van der Waals surface area (Å²) in [5.41, 5.74) is 0.647. The highest BCUT2D eigenvalue weighted by Crippen LogP contribution is 2.16. The van der Waals surface area contributed by atoms with Gasteiger partial charge in [-0.25, -0.2) is 4.98 Å². The van der Waals surface area contributed by atoms with Gasteiger partial charge in [0.15, 0.2) is 0 Å². The lowest BCUT2D eigenvalue weighted by molar-refractivity contribution is 0.0724. The van der Waals surface area contributed by atoms with Crippen LogP contribution in [0.25, 0.3) is 0 Å². The van der Waals surface area contributed by atoms with Gasteiger partial charge in [-0.1, -0.05) is 13.8 Å². The second-order valence-electron chi connectivity index (χ2n) is 4.32. The van der Waals surface area contributed by atoms with Gasteiger partial charge < -0.3 is 10.2 Å². The zero-order valence-corrected chi connectivity index (χ0v) is 11.7. The lowest BCUT2D eigenvalue weighted by atomic mass is 10.1. The van der Waals surface area contributed by atoms with Crippen LogP contribution in [0.2, 0.25) is 0 Å². The SMILES string of the molecule is CCNc1ncccc1C(=O)N(C)C(CC)CC. The number of anilines is 1. The second-order valence-corrected chi connectivity index (χ2v) is 4.32. The van der Waals surface area contributed by atoms with E-state index in [0.29, 0.717) is 11.4 Å². The molecule has 1 aromatic heterocycles. The molecule has 0 spiro atoms. The number of carbonyl (C=O) groups excluding carboxylic acids is 1. The van der Waals surface area contributed by atoms with Crippen LogP contribution in [0, 0.1) is 0 Å². The molecule has 0 unspecified atom stereocenters. The molecule has 0 radical (unpaired) electrons. The summed E-state index contributed by atoms with van der Waals surface area (Å²) >= 11 is 0. The predicted octanol–water partition coefficient (Wildman–Crippen LogP) is 2.77. The Morgan fingerprint density at radius 2 is 2.06 bits per heavy atom. The lowest BCUT2D eigenvalue weighted by Crippen LogP contribution is -2.36. The van der Waals surface area contributed by atoms with Crippen LogP contribution in [0.4, 0.5) is 5.82 Å². The largest absolute Gasteiger partial charge is 0.370 e. The van der Waals surface area contributed by atoms with Gasteiger partial charge in [0, 0.05) is 25.8 Å². The molecule has 0 saturated carbocycles. The molecule has 4 nitrogen and oxygen atoms in total. The van der Waals surface area contributed by atoms with Gasteiger partial charge in [-0.05, 0) is 31.9 Å². The summed E-state index contributed by atoms with van der Waals surface area (Å²) in [5.74, 6) is 0.704. The van der Waals surface area contributed by atoms with Crippen molar-refractivity contribution in [2.75, 3.05) is 18.9 Å². The summed E-state index contributed by atoms with van der Waals surface area (Å²) in [6, 6.07) is 3.91. The van der Waals surface area contributed by atoms with Gasteiger partial charge in [-0.15, -0.1) is 0 Å². The van der Waals surface area contributed by atoms with Crippen LogP contribution in [0.15, 0.2) is 18.3 Å². The van der Waals surface area contributed by atoms with E-state index in [-0.39, 0.29) is 11.9 Å². The van der Waals surface area contributed by atoms with Crippen molar-refractivity contribution in [1.29, 1.82) is 0 Å². The zero-order chi connectivity index (χ0) is 13.5. The number of nitrogens with one attached hydrogen (secondary N) is 1. The molecule has 0 aliphatic heterocycles. The molecule has 18 heavy (non-hydrogen) atoms. The third kappa shape index (κ3) is 3.22. The molecule has 0 aromatic carbocycles. The van der Waals surface area contributed by atoms with Gasteiger partial charge in [-0.3, -0.25) is 4.79 Å². The zero-order valence-electron chi connectivity index (χ0n) is 11.7. The summed E-state index contributed by atoms with van der Waals surface area (Å²) in [6.07, 6.45) is 3.64. The molecule has 0 aliphatic rings. The molecule has 0 aliphatic carbocycles. The molecule has 100 valence electrons. The number of hydrogen-bond acceptors (Lipinski definition) is 3. The van der Waals surface area contributed by atoms with E-state index in [2.05, 4.69) is 24.1 Å². The molecule has 0 atom stereocenters. The van der Waals surface area contributed by atoms with Crippen molar-refractivity contribution >= 4 is 11.7 Å². The van der Waals surface area contributed by atoms with Crippen LogP contribution >= 0.6 is 0 Å². The highest BCUT2D eigenvalue weighted by molar-refractivity contribution is 5.98. The Labute approximate surface area is 109 Å². The molecule has 0 fully saturated rings. The highest BCUT2D eigenvalue weighted by Gasteiger charge is 2.20. The Hall–Kier alpha value is -1.58. The van der Waals surface area contributed by atoms with E-state index in [0.717, 1.165) is 19.4 Å². The Kier molecular flexibility index (Phi) is 5.62. The molecule has 0 saturated heterocycles. The first-order valence-electron chi connectivity index (χ1n) is 6.61. The van der Waals surface area contributed by atoms with Crippen LogP contribution in [-0.2, 0) is 0 Å². The van der Waals surface area contributed by atoms with Crippen LogP contribution in [0.1, 0.15) is 44.0 Å². The maximum absolute atomic E-state index is 12.4. The number of amides is 1. The van der Waals surface area contributed by atoms with Gasteiger partial charge in [0.2, 0.25) is 0 Å². The number of carbonyl (C=O) groups is 1. The highest BCUT2D eigenvalue weighted by atomic mass is 16.2. The van der Waals surface area contributed by atoms with Crippen molar-refractivity contribution < 1.29 is 4.79 Å². The van der Waals surface area contributed by atoms with Crippen LogP contribution < -0.4 is 5.32 Å². The average molecular weight is 249 g/mol. The number of pyridine rings is 1. The molecule has 1 aromatic rings. The minimum absolute atomic E-state index is 0.0350. The predicted molar refractivity (Wildman–Crippen MR) is 74.9 cm³/mol. The summed E-state index contributed by atoms with van der Waals surface area (Å²) < 4.78 is 0. The summed E-state index contributed by atoms with van der Waals surface area (Å²) in [6.45, 7) is 6.96. The number of rotatable bonds is 6. The minimum atomic E-state index is 0.0350. The van der Waals surface area contributed by atoms with E-state index >= 15 is 0 Å². The monoisotopic (exact) mass is 249 g/mol. The summed E-state index contributed by atoms with van der Waals surface area (Å²) in [5, 5.41) is 3.13. The van der Waals surface area contributed by atoms with Crippen molar-refractivity contribution in [2.24, 2.45) is 0 Å². The maximum Gasteiger partial charge on any atom is 0.257 e. The third-order valence-corrected chi connectivity index (χ3v) is 3.19. The third-order valence-electron chi connectivity index (χ3n) is 3.19. The van der Waals surface area contributed by atoms with Gasteiger partial charge >= 0.3 is 0 Å². The number of nitrogens with zero attached hydrogens (tertiary/aromatic N) is 2. The average Bonchev–Trinajstić information content (AvgIpc) is 2.40. The van der Waals surface area contributed by atoms with Crippen molar-refractivity contribution in [3.8, 4) is 0 Å². The molecule has 1 heterocycles. The number of hydrogen-bond donors (Lipinski definition) is 1. The van der Waals surface area contributed by atoms with Crippen LogP contribution in [0.5, 0.6) is 0 Å². The van der Waals surface area contributed by atoms with E-state index in [1.807, 2.05) is 24.9 Å². The fourth-order valence-electron chi connectivity index (χ4n) is 2.08. The quantitative estimate of drug-likeness (QED) is 0.843. The topological polar surface area (TPSA) is 45.2 Å². The molecule has 1 rings (SSSR count). The molecular weight excluding hydrogens is 226 g/mol. The summed E-state index contributed by atoms with van der Waals surface area (Å²) in [7, 11) is 1.86. The van der Waals surface area contributed by atoms with E-state index in [4.69, 9.17) is 0 Å². The fourth-order valence-corrected chi connectivity index (χ4v) is 2.08. The molecule has 4 heteroatoms. The van der Waals surface area contributed by atoms with Crippen molar-refractivity contribution in [2.45, 2.75) is 39.7 Å². The standard InChI is InChI=1S/C14H23N3O/c1-5-11(6-2)17(4)14(18)12-9-8-10-16-13(12)15-7-3/h8-11H,5-7H2,1-4H3,(H,15,16). The van der Waals surface area contributed by atoms with Crippen molar-refractivity contribution in [3.05, 3.63) is 23.9 Å². The normalized spacial score (nSPS) is 10.5. The Balaban J connectivity index is 2.95. The first kappa shape index (κ1) is 14.5. The molecular formula is C14H23N3O. The summed E-state index contributed by atoms with van der Waals surface area (Å²) in [4.78, 5) is 18.5. The van der Waals surface area contributed by atoms with Crippen LogP contribution in [-0.4, -0.2) is 35.4 Å². The minimum Gasteiger partial charge on any atom is -0.370 e. The Morgan fingerprint density at radius 1 is 1.39 bits per heavy atom. The first-order chi connectivity index (χ1) is 8.65. The maximum atomic E-state index is 12.4. The molecule has 0 bridgehead atoms. The Bertz CT molecular complexity index is 388. The Morgan fingerprint density at radius 3 is 2.61 bits per heavy atom.